The van der Waals surface area contributed by atoms with Crippen LogP contribution in [0.1, 0.15) is 25.8 Å². The largest absolute Gasteiger partial charge is 0.461 e. The molecule has 1 aromatic carbocycles. The minimum Gasteiger partial charge on any atom is -0.461 e. The number of allylic oxidation sites excluding steroid dienone is 1. The van der Waals surface area contributed by atoms with E-state index in [4.69, 9.17) is 4.74 Å². The van der Waals surface area contributed by atoms with Gasteiger partial charge >= 0.3 is 5.97 Å². The number of hydrogen-bond acceptors (Lipinski definition) is 6. The third kappa shape index (κ3) is 3.07. The van der Waals surface area contributed by atoms with Crippen LogP contribution in [0.2, 0.25) is 0 Å². The molecule has 0 unspecified atom stereocenters. The molecule has 0 radical (unpaired) electrons. The van der Waals surface area contributed by atoms with Gasteiger partial charge in [0.05, 0.1) is 17.1 Å². The van der Waals surface area contributed by atoms with Crippen LogP contribution in [0.4, 0.5) is 5.69 Å². The number of para-hydroxylation sites is 1. The van der Waals surface area contributed by atoms with E-state index >= 15 is 0 Å². The first-order valence-electron chi connectivity index (χ1n) is 6.47. The molecule has 1 heterocycles. The van der Waals surface area contributed by atoms with Crippen molar-refractivity contribution >= 4 is 22.9 Å². The van der Waals surface area contributed by atoms with Crippen molar-refractivity contribution in [2.24, 2.45) is 5.10 Å². The molecule has 0 saturated heterocycles. The predicted molar refractivity (Wildman–Crippen MR) is 77.5 cm³/mol. The number of nitro benzene ring substituents is 1. The Balaban J connectivity index is 2.55. The average molecular weight is 289 g/mol. The monoisotopic (exact) mass is 289 g/mol. The third-order valence-corrected chi connectivity index (χ3v) is 3.00. The third-order valence-electron chi connectivity index (χ3n) is 3.00. The zero-order chi connectivity index (χ0) is 15.4. The quantitative estimate of drug-likeness (QED) is 0.521. The molecule has 0 atom stereocenters. The Bertz CT molecular complexity index is 649. The Morgan fingerprint density at radius 3 is 2.86 bits per heavy atom. The van der Waals surface area contributed by atoms with Crippen molar-refractivity contribution in [2.75, 3.05) is 6.61 Å². The Labute approximate surface area is 121 Å². The summed E-state index contributed by atoms with van der Waals surface area (Å²) in [5.74, 6) is -0.568. The van der Waals surface area contributed by atoms with Gasteiger partial charge in [-0.25, -0.2) is 4.79 Å². The lowest BCUT2D eigenvalue weighted by Crippen LogP contribution is -2.25. The van der Waals surface area contributed by atoms with E-state index in [0.29, 0.717) is 17.6 Å². The van der Waals surface area contributed by atoms with Crippen LogP contribution in [0.25, 0.3) is 5.57 Å². The lowest BCUT2D eigenvalue weighted by atomic mass is 9.96. The van der Waals surface area contributed by atoms with Crippen molar-refractivity contribution < 1.29 is 14.5 Å². The van der Waals surface area contributed by atoms with Crippen molar-refractivity contribution in [3.8, 4) is 0 Å². The van der Waals surface area contributed by atoms with Crippen LogP contribution in [0.5, 0.6) is 0 Å². The van der Waals surface area contributed by atoms with Crippen LogP contribution >= 0.6 is 0 Å². The molecule has 110 valence electrons. The molecule has 0 fully saturated rings. The molecule has 7 nitrogen and oxygen atoms in total. The summed E-state index contributed by atoms with van der Waals surface area (Å²) in [5.41, 5.74) is 4.39. The molecule has 0 spiro atoms. The summed E-state index contributed by atoms with van der Waals surface area (Å²) >= 11 is 0. The Kier molecular flexibility index (Phi) is 4.32. The van der Waals surface area contributed by atoms with E-state index in [9.17, 15) is 14.9 Å². The number of nitrogens with one attached hydrogen (secondary N) is 1. The van der Waals surface area contributed by atoms with Gasteiger partial charge in [-0.1, -0.05) is 12.1 Å². The first kappa shape index (κ1) is 14.7. The molecule has 1 aromatic rings. The second kappa shape index (κ2) is 6.17. The number of nitrogens with zero attached hydrogens (tertiary/aromatic N) is 2. The van der Waals surface area contributed by atoms with Crippen molar-refractivity contribution in [1.82, 2.24) is 5.43 Å². The maximum Gasteiger partial charge on any atom is 0.356 e. The Morgan fingerprint density at radius 2 is 2.19 bits per heavy atom. The van der Waals surface area contributed by atoms with Gasteiger partial charge in [0, 0.05) is 23.8 Å². The van der Waals surface area contributed by atoms with E-state index in [1.165, 1.54) is 6.07 Å². The highest BCUT2D eigenvalue weighted by molar-refractivity contribution is 6.05. The minimum atomic E-state index is -0.568. The van der Waals surface area contributed by atoms with E-state index in [1.54, 1.807) is 32.0 Å². The van der Waals surface area contributed by atoms with Gasteiger partial charge in [-0.15, -0.1) is 0 Å². The molecule has 0 amide bonds. The van der Waals surface area contributed by atoms with Crippen molar-refractivity contribution in [2.45, 2.75) is 20.3 Å². The number of carbonyl (C=O) groups is 1. The lowest BCUT2D eigenvalue weighted by molar-refractivity contribution is -0.385. The van der Waals surface area contributed by atoms with Gasteiger partial charge in [-0.3, -0.25) is 15.5 Å². The number of esters is 1. The second-order valence-corrected chi connectivity index (χ2v) is 4.48. The molecule has 7 heteroatoms. The molecule has 1 aliphatic heterocycles. The standard InChI is InChI=1S/C14H15N3O4/c1-3-21-14(18)13-11(8-9(2)15-16-13)10-6-4-5-7-12(10)17(19)20/h4-7,16H,3,8H2,1-2H3. The summed E-state index contributed by atoms with van der Waals surface area (Å²) in [5, 5.41) is 15.2. The number of hydrogen-bond donors (Lipinski definition) is 1. The fourth-order valence-electron chi connectivity index (χ4n) is 2.09. The van der Waals surface area contributed by atoms with Crippen LogP contribution in [0, 0.1) is 10.1 Å². The highest BCUT2D eigenvalue weighted by Crippen LogP contribution is 2.32. The molecule has 0 aliphatic carbocycles. The average Bonchev–Trinajstić information content (AvgIpc) is 2.47. The van der Waals surface area contributed by atoms with Crippen LogP contribution in [-0.2, 0) is 9.53 Å². The smallest absolute Gasteiger partial charge is 0.356 e. The Morgan fingerprint density at radius 1 is 1.48 bits per heavy atom. The zero-order valence-corrected chi connectivity index (χ0v) is 11.8. The van der Waals surface area contributed by atoms with Gasteiger partial charge in [-0.2, -0.15) is 5.10 Å². The highest BCUT2D eigenvalue weighted by atomic mass is 16.6. The fourth-order valence-corrected chi connectivity index (χ4v) is 2.09. The molecular formula is C14H15N3O4. The summed E-state index contributed by atoms with van der Waals surface area (Å²) in [7, 11) is 0. The maximum atomic E-state index is 12.0. The summed E-state index contributed by atoms with van der Waals surface area (Å²) < 4.78 is 4.97. The number of nitro groups is 1. The molecule has 1 N–H and O–H groups in total. The van der Waals surface area contributed by atoms with Crippen molar-refractivity contribution in [3.63, 3.8) is 0 Å². The van der Waals surface area contributed by atoms with E-state index in [2.05, 4.69) is 10.5 Å². The van der Waals surface area contributed by atoms with Crippen LogP contribution in [0.15, 0.2) is 35.1 Å². The molecule has 0 aromatic heterocycles. The van der Waals surface area contributed by atoms with E-state index in [-0.39, 0.29) is 18.0 Å². The van der Waals surface area contributed by atoms with E-state index in [0.717, 1.165) is 5.71 Å². The molecule has 0 saturated carbocycles. The first-order valence-corrected chi connectivity index (χ1v) is 6.47. The zero-order valence-electron chi connectivity index (χ0n) is 11.8. The van der Waals surface area contributed by atoms with E-state index in [1.807, 2.05) is 0 Å². The molecule has 21 heavy (non-hydrogen) atoms. The highest BCUT2D eigenvalue weighted by Gasteiger charge is 2.26. The van der Waals surface area contributed by atoms with Crippen molar-refractivity contribution in [1.29, 1.82) is 0 Å². The van der Waals surface area contributed by atoms with Crippen molar-refractivity contribution in [3.05, 3.63) is 45.6 Å². The second-order valence-electron chi connectivity index (χ2n) is 4.48. The number of rotatable bonds is 4. The predicted octanol–water partition coefficient (Wildman–Crippen LogP) is 2.24. The number of benzene rings is 1. The van der Waals surface area contributed by atoms with Crippen LogP contribution in [0.3, 0.4) is 0 Å². The normalized spacial score (nSPS) is 14.3. The van der Waals surface area contributed by atoms with Gasteiger partial charge in [-0.05, 0) is 19.9 Å². The van der Waals surface area contributed by atoms with Gasteiger partial charge in [0.1, 0.15) is 5.70 Å². The summed E-state index contributed by atoms with van der Waals surface area (Å²) in [6.07, 6.45) is 0.353. The maximum absolute atomic E-state index is 12.0. The van der Waals surface area contributed by atoms with Crippen LogP contribution < -0.4 is 5.43 Å². The fraction of sp³-hybridized carbons (Fsp3) is 0.286. The molecule has 0 bridgehead atoms. The van der Waals surface area contributed by atoms with Gasteiger partial charge in [0.2, 0.25) is 0 Å². The topological polar surface area (TPSA) is 93.8 Å². The summed E-state index contributed by atoms with van der Waals surface area (Å²) in [4.78, 5) is 22.7. The minimum absolute atomic E-state index is 0.0502. The molecule has 1 aliphatic rings. The molecule has 2 rings (SSSR count). The molecular weight excluding hydrogens is 274 g/mol. The van der Waals surface area contributed by atoms with Gasteiger partial charge in [0.15, 0.2) is 0 Å². The van der Waals surface area contributed by atoms with Crippen LogP contribution in [-0.4, -0.2) is 23.2 Å². The number of carbonyl (C=O) groups excluding carboxylic acids is 1. The summed E-state index contributed by atoms with van der Waals surface area (Å²) in [6.45, 7) is 3.70. The first-order chi connectivity index (χ1) is 10.0. The van der Waals surface area contributed by atoms with Gasteiger partial charge < -0.3 is 4.74 Å². The SMILES string of the molecule is CCOC(=O)C1=C(c2ccccc2[N+](=O)[O-])CC(C)=NN1. The number of hydrazone groups is 1. The number of ether oxygens (including phenoxy) is 1. The Hall–Kier alpha value is -2.70. The van der Waals surface area contributed by atoms with Gasteiger partial charge in [0.25, 0.3) is 5.69 Å². The summed E-state index contributed by atoms with van der Waals surface area (Å²) in [6, 6.07) is 6.31. The van der Waals surface area contributed by atoms with E-state index < -0.39 is 10.9 Å². The lowest BCUT2D eigenvalue weighted by Gasteiger charge is -2.18.